The zero-order valence-electron chi connectivity index (χ0n) is 5.84. The molecule has 0 bridgehead atoms. The van der Waals surface area contributed by atoms with Crippen molar-refractivity contribution in [1.29, 1.82) is 0 Å². The fraction of sp³-hybridized carbons (Fsp3) is 0.600. The molecule has 0 aromatic rings. The van der Waals surface area contributed by atoms with Gasteiger partial charge in [-0.05, 0) is 6.92 Å². The molecule has 0 radical (unpaired) electrons. The van der Waals surface area contributed by atoms with E-state index in [2.05, 4.69) is 10.9 Å². The van der Waals surface area contributed by atoms with Crippen molar-refractivity contribution in [3.05, 3.63) is 0 Å². The largest absolute Gasteiger partial charge is 0.480 e. The molecule has 0 unspecified atom stereocenters. The normalized spacial score (nSPS) is 12.2. The van der Waals surface area contributed by atoms with Crippen LogP contribution in [0.15, 0.2) is 0 Å². The Kier molecular flexibility index (Phi) is 3.42. The highest BCUT2D eigenvalue weighted by atomic mass is 16.4. The predicted molar refractivity (Wildman–Crippen MR) is 34.1 cm³/mol. The highest BCUT2D eigenvalue weighted by Crippen LogP contribution is 1.75. The Bertz CT molecular complexity index is 146. The van der Waals surface area contributed by atoms with Crippen LogP contribution in [-0.4, -0.2) is 23.0 Å². The van der Waals surface area contributed by atoms with E-state index in [1.54, 1.807) is 0 Å². The van der Waals surface area contributed by atoms with Crippen LogP contribution in [0.5, 0.6) is 0 Å². The Morgan fingerprint density at radius 1 is 1.50 bits per heavy atom. The number of amides is 1. The van der Waals surface area contributed by atoms with E-state index in [4.69, 9.17) is 5.11 Å². The smallest absolute Gasteiger partial charge is 0.322 e. The molecular weight excluding hydrogens is 136 g/mol. The van der Waals surface area contributed by atoms with Gasteiger partial charge in [-0.3, -0.25) is 15.0 Å². The van der Waals surface area contributed by atoms with Crippen LogP contribution in [0, 0.1) is 0 Å². The molecule has 0 aliphatic heterocycles. The molecule has 3 N–H and O–H groups in total. The lowest BCUT2D eigenvalue weighted by Gasteiger charge is -2.07. The Balaban J connectivity index is 3.49. The van der Waals surface area contributed by atoms with Gasteiger partial charge in [0.2, 0.25) is 5.91 Å². The van der Waals surface area contributed by atoms with E-state index in [1.807, 2.05) is 0 Å². The van der Waals surface area contributed by atoms with Crippen molar-refractivity contribution in [3.8, 4) is 0 Å². The molecule has 10 heavy (non-hydrogen) atoms. The number of rotatable bonds is 3. The number of carboxylic acids is 1. The van der Waals surface area contributed by atoms with E-state index in [-0.39, 0.29) is 5.91 Å². The summed E-state index contributed by atoms with van der Waals surface area (Å²) >= 11 is 0. The van der Waals surface area contributed by atoms with Gasteiger partial charge in [0.25, 0.3) is 0 Å². The number of carbonyl (C=O) groups is 2. The summed E-state index contributed by atoms with van der Waals surface area (Å²) in [5, 5.41) is 8.28. The summed E-state index contributed by atoms with van der Waals surface area (Å²) in [5.74, 6) is -1.32. The van der Waals surface area contributed by atoms with Crippen molar-refractivity contribution in [2.24, 2.45) is 0 Å². The van der Waals surface area contributed by atoms with Crippen molar-refractivity contribution in [2.75, 3.05) is 0 Å². The van der Waals surface area contributed by atoms with Crippen LogP contribution in [0.25, 0.3) is 0 Å². The molecule has 0 aliphatic rings. The third kappa shape index (κ3) is 3.85. The fourth-order valence-electron chi connectivity index (χ4n) is 0.272. The van der Waals surface area contributed by atoms with Crippen LogP contribution in [0.1, 0.15) is 13.8 Å². The molecule has 58 valence electrons. The maximum Gasteiger partial charge on any atom is 0.322 e. The van der Waals surface area contributed by atoms with E-state index in [1.165, 1.54) is 13.8 Å². The van der Waals surface area contributed by atoms with Crippen LogP contribution in [0.2, 0.25) is 0 Å². The van der Waals surface area contributed by atoms with E-state index in [0.717, 1.165) is 0 Å². The van der Waals surface area contributed by atoms with Crippen LogP contribution in [0.4, 0.5) is 0 Å². The first-order chi connectivity index (χ1) is 4.54. The molecule has 1 amide bonds. The van der Waals surface area contributed by atoms with Gasteiger partial charge in [-0.25, -0.2) is 5.43 Å². The van der Waals surface area contributed by atoms with Crippen LogP contribution < -0.4 is 10.9 Å². The Labute approximate surface area is 58.4 Å². The number of aliphatic carboxylic acids is 1. The second kappa shape index (κ2) is 3.84. The highest BCUT2D eigenvalue weighted by Gasteiger charge is 2.08. The molecule has 0 saturated carbocycles. The molecule has 0 aromatic carbocycles. The number of carboxylic acid groups (broad SMARTS) is 1. The summed E-state index contributed by atoms with van der Waals surface area (Å²) in [4.78, 5) is 20.3. The van der Waals surface area contributed by atoms with E-state index >= 15 is 0 Å². The highest BCUT2D eigenvalue weighted by molar-refractivity contribution is 5.75. The van der Waals surface area contributed by atoms with E-state index in [9.17, 15) is 9.59 Å². The topological polar surface area (TPSA) is 78.4 Å². The number of carbonyl (C=O) groups excluding carboxylic acids is 1. The Morgan fingerprint density at radius 3 is 2.30 bits per heavy atom. The summed E-state index contributed by atoms with van der Waals surface area (Å²) in [6, 6.07) is -0.760. The number of hydrogen-bond acceptors (Lipinski definition) is 3. The Morgan fingerprint density at radius 2 is 2.00 bits per heavy atom. The van der Waals surface area contributed by atoms with Gasteiger partial charge >= 0.3 is 5.97 Å². The lowest BCUT2D eigenvalue weighted by molar-refractivity contribution is -0.139. The zero-order valence-corrected chi connectivity index (χ0v) is 5.84. The van der Waals surface area contributed by atoms with Gasteiger partial charge in [-0.2, -0.15) is 0 Å². The number of nitrogens with one attached hydrogen (secondary N) is 2. The number of hydrazine groups is 1. The van der Waals surface area contributed by atoms with Crippen molar-refractivity contribution in [3.63, 3.8) is 0 Å². The van der Waals surface area contributed by atoms with Crippen molar-refractivity contribution in [2.45, 2.75) is 19.9 Å². The molecule has 0 spiro atoms. The first kappa shape index (κ1) is 8.90. The summed E-state index contributed by atoms with van der Waals surface area (Å²) in [6.07, 6.45) is 0. The molecular formula is C5H10N2O3. The quantitative estimate of drug-likeness (QED) is 0.451. The molecule has 0 saturated heterocycles. The summed E-state index contributed by atoms with van der Waals surface area (Å²) < 4.78 is 0. The molecule has 5 nitrogen and oxygen atoms in total. The average Bonchev–Trinajstić information content (AvgIpc) is 1.82. The second-order valence-electron chi connectivity index (χ2n) is 1.89. The maximum absolute atomic E-state index is 10.2. The zero-order chi connectivity index (χ0) is 8.15. The van der Waals surface area contributed by atoms with E-state index in [0.29, 0.717) is 0 Å². The molecule has 0 aliphatic carbocycles. The van der Waals surface area contributed by atoms with Crippen molar-refractivity contribution in [1.82, 2.24) is 10.9 Å². The molecule has 5 heteroatoms. The van der Waals surface area contributed by atoms with Gasteiger partial charge < -0.3 is 5.11 Å². The molecule has 0 rings (SSSR count). The SMILES string of the molecule is CC(=O)NN[C@@H](C)C(=O)O. The summed E-state index contributed by atoms with van der Waals surface area (Å²) in [7, 11) is 0. The monoisotopic (exact) mass is 146 g/mol. The van der Waals surface area contributed by atoms with Crippen LogP contribution in [-0.2, 0) is 9.59 Å². The van der Waals surface area contributed by atoms with Crippen molar-refractivity contribution < 1.29 is 14.7 Å². The first-order valence-corrected chi connectivity index (χ1v) is 2.79. The minimum absolute atomic E-state index is 0.312. The lowest BCUT2D eigenvalue weighted by atomic mass is 10.4. The number of hydrogen-bond donors (Lipinski definition) is 3. The van der Waals surface area contributed by atoms with Gasteiger partial charge in [0.05, 0.1) is 0 Å². The third-order valence-electron chi connectivity index (χ3n) is 0.835. The predicted octanol–water partition coefficient (Wildman–Crippen LogP) is -0.900. The minimum Gasteiger partial charge on any atom is -0.480 e. The van der Waals surface area contributed by atoms with Gasteiger partial charge in [0.1, 0.15) is 6.04 Å². The standard InChI is InChI=1S/C5H10N2O3/c1-3(5(9)10)6-7-4(2)8/h3,6H,1-2H3,(H,7,8)(H,9,10)/t3-/m0/s1. The fourth-order valence-corrected chi connectivity index (χ4v) is 0.272. The van der Waals surface area contributed by atoms with Gasteiger partial charge in [0.15, 0.2) is 0 Å². The van der Waals surface area contributed by atoms with Crippen molar-refractivity contribution >= 4 is 11.9 Å². The minimum atomic E-state index is -1.01. The molecule has 0 aromatic heterocycles. The van der Waals surface area contributed by atoms with Crippen LogP contribution >= 0.6 is 0 Å². The third-order valence-corrected chi connectivity index (χ3v) is 0.835. The first-order valence-electron chi connectivity index (χ1n) is 2.79. The maximum atomic E-state index is 10.2. The van der Waals surface area contributed by atoms with Gasteiger partial charge in [0, 0.05) is 6.92 Å². The molecule has 1 atom stereocenters. The van der Waals surface area contributed by atoms with Gasteiger partial charge in [-0.1, -0.05) is 0 Å². The summed E-state index contributed by atoms with van der Waals surface area (Å²) in [5.41, 5.74) is 4.44. The Hall–Kier alpha value is -1.10. The molecule has 0 fully saturated rings. The van der Waals surface area contributed by atoms with E-state index < -0.39 is 12.0 Å². The second-order valence-corrected chi connectivity index (χ2v) is 1.89. The summed E-state index contributed by atoms with van der Waals surface area (Å²) in [6.45, 7) is 2.72. The van der Waals surface area contributed by atoms with Gasteiger partial charge in [-0.15, -0.1) is 0 Å². The molecule has 0 heterocycles. The lowest BCUT2D eigenvalue weighted by Crippen LogP contribution is -2.45. The van der Waals surface area contributed by atoms with Crippen LogP contribution in [0.3, 0.4) is 0 Å². The average molecular weight is 146 g/mol.